The summed E-state index contributed by atoms with van der Waals surface area (Å²) in [5, 5.41) is 5.54. The summed E-state index contributed by atoms with van der Waals surface area (Å²) in [4.78, 5) is 3.85. The van der Waals surface area contributed by atoms with Crippen molar-refractivity contribution < 1.29 is 0 Å². The lowest BCUT2D eigenvalue weighted by Gasteiger charge is -2.06. The first-order chi connectivity index (χ1) is 7.79. The van der Waals surface area contributed by atoms with E-state index in [-0.39, 0.29) is 24.0 Å². The molecule has 0 spiro atoms. The molecular formula is C13H16IN3. The average Bonchev–Trinajstić information content (AvgIpc) is 2.35. The molecule has 90 valence electrons. The molecule has 3 nitrogen and oxygen atoms in total. The van der Waals surface area contributed by atoms with E-state index in [9.17, 15) is 0 Å². The summed E-state index contributed by atoms with van der Waals surface area (Å²) in [6.45, 7) is 0.702. The zero-order chi connectivity index (χ0) is 11.4. The Balaban J connectivity index is 0.00000144. The first-order valence-corrected chi connectivity index (χ1v) is 5.23. The van der Waals surface area contributed by atoms with E-state index in [2.05, 4.69) is 40.6 Å². The van der Waals surface area contributed by atoms with Crippen LogP contribution in [0.4, 0.5) is 0 Å². The lowest BCUT2D eigenvalue weighted by Crippen LogP contribution is -2.30. The lowest BCUT2D eigenvalue weighted by molar-refractivity contribution is 0.902. The highest BCUT2D eigenvalue weighted by Gasteiger charge is 1.96. The Bertz CT molecular complexity index is 523. The standard InChI is InChI=1S/C13H15N3.HI/c1-15-13(14)16-9-10-6-7-11-4-2-3-5-12(11)8-10;/h2-8H,9H2,1H3,(H3,14,15,16);1H. The molecule has 2 rings (SSSR count). The van der Waals surface area contributed by atoms with Gasteiger partial charge in [0.25, 0.3) is 0 Å². The second-order valence-corrected chi connectivity index (χ2v) is 3.64. The molecule has 0 unspecified atom stereocenters. The van der Waals surface area contributed by atoms with Gasteiger partial charge >= 0.3 is 0 Å². The van der Waals surface area contributed by atoms with Crippen molar-refractivity contribution in [3.8, 4) is 0 Å². The van der Waals surface area contributed by atoms with Gasteiger partial charge in [0, 0.05) is 13.6 Å². The molecule has 17 heavy (non-hydrogen) atoms. The van der Waals surface area contributed by atoms with Crippen LogP contribution in [0.3, 0.4) is 0 Å². The van der Waals surface area contributed by atoms with Gasteiger partial charge in [0.2, 0.25) is 0 Å². The number of aliphatic imine (C=N–C) groups is 1. The highest BCUT2D eigenvalue weighted by Crippen LogP contribution is 2.15. The minimum atomic E-state index is 0. The summed E-state index contributed by atoms with van der Waals surface area (Å²) in [6, 6.07) is 14.7. The zero-order valence-corrected chi connectivity index (χ0v) is 12.0. The first kappa shape index (κ1) is 13.8. The van der Waals surface area contributed by atoms with Gasteiger partial charge in [-0.1, -0.05) is 36.4 Å². The Morgan fingerprint density at radius 2 is 1.88 bits per heavy atom. The number of rotatable bonds is 2. The van der Waals surface area contributed by atoms with E-state index in [1.54, 1.807) is 7.05 Å². The van der Waals surface area contributed by atoms with Crippen LogP contribution >= 0.6 is 24.0 Å². The average molecular weight is 341 g/mol. The SMILES string of the molecule is CN=C(N)NCc1ccc2ccccc2c1.I. The summed E-state index contributed by atoms with van der Waals surface area (Å²) in [7, 11) is 1.67. The smallest absolute Gasteiger partial charge is 0.188 e. The van der Waals surface area contributed by atoms with Gasteiger partial charge in [-0.15, -0.1) is 24.0 Å². The molecule has 0 saturated carbocycles. The van der Waals surface area contributed by atoms with Crippen molar-refractivity contribution in [1.29, 1.82) is 0 Å². The number of guanidine groups is 1. The highest BCUT2D eigenvalue weighted by molar-refractivity contribution is 14.0. The Labute approximate surface area is 118 Å². The number of nitrogens with one attached hydrogen (secondary N) is 1. The number of nitrogens with two attached hydrogens (primary N) is 1. The molecule has 2 aromatic rings. The fourth-order valence-electron chi connectivity index (χ4n) is 1.62. The molecule has 3 N–H and O–H groups in total. The molecule has 0 aromatic heterocycles. The van der Waals surface area contributed by atoms with Crippen molar-refractivity contribution in [2.24, 2.45) is 10.7 Å². The molecule has 2 aromatic carbocycles. The third kappa shape index (κ3) is 3.59. The lowest BCUT2D eigenvalue weighted by atomic mass is 10.1. The third-order valence-corrected chi connectivity index (χ3v) is 2.53. The predicted molar refractivity (Wildman–Crippen MR) is 83.7 cm³/mol. The molecule has 0 saturated heterocycles. The second-order valence-electron chi connectivity index (χ2n) is 3.64. The fourth-order valence-corrected chi connectivity index (χ4v) is 1.62. The Kier molecular flexibility index (Phi) is 5.21. The second kappa shape index (κ2) is 6.44. The third-order valence-electron chi connectivity index (χ3n) is 2.53. The van der Waals surface area contributed by atoms with Gasteiger partial charge in [-0.25, -0.2) is 0 Å². The first-order valence-electron chi connectivity index (χ1n) is 5.23. The molecule has 0 aliphatic rings. The van der Waals surface area contributed by atoms with Gasteiger partial charge in [0.05, 0.1) is 0 Å². The minimum Gasteiger partial charge on any atom is -0.370 e. The quantitative estimate of drug-likeness (QED) is 0.501. The van der Waals surface area contributed by atoms with E-state index in [1.807, 2.05) is 12.1 Å². The van der Waals surface area contributed by atoms with Gasteiger partial charge in [-0.3, -0.25) is 4.99 Å². The van der Waals surface area contributed by atoms with Crippen molar-refractivity contribution in [3.63, 3.8) is 0 Å². The van der Waals surface area contributed by atoms with Crippen LogP contribution in [0.5, 0.6) is 0 Å². The van der Waals surface area contributed by atoms with Crippen LogP contribution in [0.1, 0.15) is 5.56 Å². The van der Waals surface area contributed by atoms with Crippen LogP contribution in [-0.4, -0.2) is 13.0 Å². The Morgan fingerprint density at radius 1 is 1.18 bits per heavy atom. The van der Waals surface area contributed by atoms with Crippen LogP contribution in [0, 0.1) is 0 Å². The van der Waals surface area contributed by atoms with E-state index < -0.39 is 0 Å². The molecule has 0 amide bonds. The van der Waals surface area contributed by atoms with Crippen LogP contribution in [-0.2, 0) is 6.54 Å². The van der Waals surface area contributed by atoms with E-state index in [4.69, 9.17) is 5.73 Å². The van der Waals surface area contributed by atoms with Gasteiger partial charge in [-0.2, -0.15) is 0 Å². The molecule has 0 radical (unpaired) electrons. The molecule has 0 atom stereocenters. The van der Waals surface area contributed by atoms with Crippen molar-refractivity contribution in [3.05, 3.63) is 48.0 Å². The van der Waals surface area contributed by atoms with E-state index in [0.29, 0.717) is 12.5 Å². The maximum absolute atomic E-state index is 5.57. The Hall–Kier alpha value is -1.30. The number of hydrogen-bond acceptors (Lipinski definition) is 1. The highest BCUT2D eigenvalue weighted by atomic mass is 127. The number of hydrogen-bond donors (Lipinski definition) is 2. The van der Waals surface area contributed by atoms with Crippen LogP contribution in [0.15, 0.2) is 47.5 Å². The topological polar surface area (TPSA) is 50.4 Å². The van der Waals surface area contributed by atoms with Crippen LogP contribution in [0.25, 0.3) is 10.8 Å². The molecule has 0 bridgehead atoms. The van der Waals surface area contributed by atoms with Gasteiger partial charge in [0.15, 0.2) is 5.96 Å². The summed E-state index contributed by atoms with van der Waals surface area (Å²) in [5.41, 5.74) is 6.77. The molecule has 0 fully saturated rings. The fraction of sp³-hybridized carbons (Fsp3) is 0.154. The zero-order valence-electron chi connectivity index (χ0n) is 9.68. The maximum atomic E-state index is 5.57. The predicted octanol–water partition coefficient (Wildman–Crippen LogP) is 2.49. The van der Waals surface area contributed by atoms with E-state index in [1.165, 1.54) is 16.3 Å². The van der Waals surface area contributed by atoms with E-state index >= 15 is 0 Å². The summed E-state index contributed by atoms with van der Waals surface area (Å²) in [6.07, 6.45) is 0. The number of fused-ring (bicyclic) bond motifs is 1. The van der Waals surface area contributed by atoms with Crippen molar-refractivity contribution in [2.75, 3.05) is 7.05 Å². The van der Waals surface area contributed by atoms with Gasteiger partial charge < -0.3 is 11.1 Å². The summed E-state index contributed by atoms with van der Waals surface area (Å²) >= 11 is 0. The van der Waals surface area contributed by atoms with Crippen LogP contribution in [0.2, 0.25) is 0 Å². The van der Waals surface area contributed by atoms with Crippen molar-refractivity contribution in [1.82, 2.24) is 5.32 Å². The minimum absolute atomic E-state index is 0. The Morgan fingerprint density at radius 3 is 2.59 bits per heavy atom. The number of benzene rings is 2. The monoisotopic (exact) mass is 341 g/mol. The molecule has 0 aliphatic carbocycles. The molecule has 0 aliphatic heterocycles. The normalized spacial score (nSPS) is 11.0. The van der Waals surface area contributed by atoms with Gasteiger partial charge in [0.1, 0.15) is 0 Å². The van der Waals surface area contributed by atoms with Gasteiger partial charge in [-0.05, 0) is 22.4 Å². The number of nitrogens with zero attached hydrogens (tertiary/aromatic N) is 1. The molecule has 0 heterocycles. The largest absolute Gasteiger partial charge is 0.370 e. The van der Waals surface area contributed by atoms with Crippen LogP contribution < -0.4 is 11.1 Å². The number of halogens is 1. The molecular weight excluding hydrogens is 325 g/mol. The summed E-state index contributed by atoms with van der Waals surface area (Å²) < 4.78 is 0. The van der Waals surface area contributed by atoms with E-state index in [0.717, 1.165) is 0 Å². The van der Waals surface area contributed by atoms with Crippen molar-refractivity contribution >= 4 is 40.7 Å². The summed E-state index contributed by atoms with van der Waals surface area (Å²) in [5.74, 6) is 0.466. The molecule has 4 heteroatoms. The van der Waals surface area contributed by atoms with Crippen molar-refractivity contribution in [2.45, 2.75) is 6.54 Å². The maximum Gasteiger partial charge on any atom is 0.188 e.